The molecule has 3 heteroatoms. The Hall–Kier alpha value is -1.45. The van der Waals surface area contributed by atoms with E-state index in [1.54, 1.807) is 0 Å². The summed E-state index contributed by atoms with van der Waals surface area (Å²) in [5.41, 5.74) is 2.36. The number of ether oxygens (including phenoxy) is 1. The third-order valence-corrected chi connectivity index (χ3v) is 6.05. The standard InChI is InChI=1S/C20H26N2O/c1-3-14-13-22-11-9-15(14)12-19(22)20(23-2)17-8-10-21-18-7-5-4-6-16(17)18/h4-8,10,14-15,19-20H,3,9,11-13H2,1-2H3/t14-,15-,19-,20+/m0/s1. The van der Waals surface area contributed by atoms with Gasteiger partial charge in [-0.05, 0) is 48.9 Å². The number of fused-ring (bicyclic) bond motifs is 4. The van der Waals surface area contributed by atoms with Crippen molar-refractivity contribution in [1.82, 2.24) is 9.88 Å². The summed E-state index contributed by atoms with van der Waals surface area (Å²) in [5, 5.41) is 1.23. The molecule has 3 nitrogen and oxygen atoms in total. The average molecular weight is 310 g/mol. The second-order valence-electron chi connectivity index (χ2n) is 7.09. The zero-order valence-electron chi connectivity index (χ0n) is 14.1. The number of rotatable bonds is 4. The number of pyridine rings is 1. The number of nitrogens with zero attached hydrogens (tertiary/aromatic N) is 2. The maximum absolute atomic E-state index is 6.04. The number of piperidine rings is 3. The molecule has 3 fully saturated rings. The SMILES string of the molecule is CC[C@H]1CN2CC[C@H]1C[C@H]2[C@H](OC)c1ccnc2ccccc12. The van der Waals surface area contributed by atoms with Crippen LogP contribution in [0.25, 0.3) is 10.9 Å². The largest absolute Gasteiger partial charge is 0.375 e. The van der Waals surface area contributed by atoms with E-state index < -0.39 is 0 Å². The second kappa shape index (κ2) is 6.21. The molecule has 0 N–H and O–H groups in total. The van der Waals surface area contributed by atoms with Gasteiger partial charge in [0, 0.05) is 31.3 Å². The molecule has 23 heavy (non-hydrogen) atoms. The minimum absolute atomic E-state index is 0.142. The van der Waals surface area contributed by atoms with Crippen molar-refractivity contribution < 1.29 is 4.74 Å². The Labute approximate surface area is 138 Å². The molecule has 1 unspecified atom stereocenters. The normalized spacial score (nSPS) is 31.4. The number of aromatic nitrogens is 1. The van der Waals surface area contributed by atoms with Gasteiger partial charge in [0.15, 0.2) is 0 Å². The van der Waals surface area contributed by atoms with Crippen molar-refractivity contribution >= 4 is 10.9 Å². The molecule has 3 saturated heterocycles. The van der Waals surface area contributed by atoms with Crippen LogP contribution in [0.1, 0.15) is 37.9 Å². The van der Waals surface area contributed by atoms with Crippen molar-refractivity contribution in [1.29, 1.82) is 0 Å². The highest BCUT2D eigenvalue weighted by molar-refractivity contribution is 5.82. The predicted molar refractivity (Wildman–Crippen MR) is 93.4 cm³/mol. The van der Waals surface area contributed by atoms with Crippen LogP contribution in [0.2, 0.25) is 0 Å². The van der Waals surface area contributed by atoms with Crippen LogP contribution in [0, 0.1) is 11.8 Å². The van der Waals surface area contributed by atoms with Crippen molar-refractivity contribution in [3.8, 4) is 0 Å². The Morgan fingerprint density at radius 1 is 1.30 bits per heavy atom. The minimum Gasteiger partial charge on any atom is -0.375 e. The highest BCUT2D eigenvalue weighted by Crippen LogP contribution is 2.43. The van der Waals surface area contributed by atoms with E-state index in [0.717, 1.165) is 17.4 Å². The molecule has 0 spiro atoms. The topological polar surface area (TPSA) is 25.4 Å². The van der Waals surface area contributed by atoms with Gasteiger partial charge in [0.2, 0.25) is 0 Å². The monoisotopic (exact) mass is 310 g/mol. The Morgan fingerprint density at radius 3 is 2.91 bits per heavy atom. The molecule has 122 valence electrons. The molecule has 1 aromatic heterocycles. The van der Waals surface area contributed by atoms with Crippen LogP contribution < -0.4 is 0 Å². The zero-order valence-corrected chi connectivity index (χ0v) is 14.1. The summed E-state index contributed by atoms with van der Waals surface area (Å²) in [6, 6.07) is 11.1. The smallest absolute Gasteiger partial charge is 0.0983 e. The lowest BCUT2D eigenvalue weighted by Gasteiger charge is -2.52. The lowest BCUT2D eigenvalue weighted by molar-refractivity contribution is -0.0698. The minimum atomic E-state index is 0.142. The van der Waals surface area contributed by atoms with Crippen molar-refractivity contribution in [3.05, 3.63) is 42.1 Å². The van der Waals surface area contributed by atoms with Gasteiger partial charge in [-0.1, -0.05) is 31.5 Å². The van der Waals surface area contributed by atoms with Crippen molar-refractivity contribution in [2.75, 3.05) is 20.2 Å². The number of methoxy groups -OCH3 is 1. The summed E-state index contributed by atoms with van der Waals surface area (Å²) in [4.78, 5) is 7.19. The Balaban J connectivity index is 1.69. The van der Waals surface area contributed by atoms with E-state index in [-0.39, 0.29) is 6.10 Å². The van der Waals surface area contributed by atoms with Gasteiger partial charge in [-0.15, -0.1) is 0 Å². The first-order chi connectivity index (χ1) is 11.3. The van der Waals surface area contributed by atoms with Gasteiger partial charge in [-0.3, -0.25) is 9.88 Å². The third-order valence-electron chi connectivity index (χ3n) is 6.05. The molecule has 5 rings (SSSR count). The van der Waals surface area contributed by atoms with Gasteiger partial charge in [0.1, 0.15) is 0 Å². The van der Waals surface area contributed by atoms with Crippen LogP contribution in [0.5, 0.6) is 0 Å². The van der Waals surface area contributed by atoms with E-state index in [4.69, 9.17) is 4.74 Å². The van der Waals surface area contributed by atoms with Gasteiger partial charge < -0.3 is 4.74 Å². The van der Waals surface area contributed by atoms with Crippen LogP contribution in [0.4, 0.5) is 0 Å². The van der Waals surface area contributed by atoms with E-state index in [1.807, 2.05) is 13.3 Å². The summed E-state index contributed by atoms with van der Waals surface area (Å²) in [6.07, 6.45) is 6.01. The molecule has 2 aromatic rings. The van der Waals surface area contributed by atoms with Crippen LogP contribution in [-0.2, 0) is 4.74 Å². The lowest BCUT2D eigenvalue weighted by atomic mass is 9.72. The Morgan fingerprint density at radius 2 is 2.17 bits per heavy atom. The van der Waals surface area contributed by atoms with Crippen LogP contribution in [0.3, 0.4) is 0 Å². The number of para-hydroxylation sites is 1. The van der Waals surface area contributed by atoms with Gasteiger partial charge in [-0.2, -0.15) is 0 Å². The summed E-state index contributed by atoms with van der Waals surface area (Å²) in [5.74, 6) is 1.76. The first kappa shape index (κ1) is 15.1. The van der Waals surface area contributed by atoms with E-state index in [9.17, 15) is 0 Å². The highest BCUT2D eigenvalue weighted by atomic mass is 16.5. The predicted octanol–water partition coefficient (Wildman–Crippen LogP) is 4.04. The Bertz CT molecular complexity index is 681. The van der Waals surface area contributed by atoms with E-state index >= 15 is 0 Å². The molecule has 3 aliphatic heterocycles. The number of hydrogen-bond donors (Lipinski definition) is 0. The molecule has 5 atom stereocenters. The van der Waals surface area contributed by atoms with E-state index in [0.29, 0.717) is 6.04 Å². The molecular formula is C20H26N2O. The first-order valence-corrected chi connectivity index (χ1v) is 8.92. The van der Waals surface area contributed by atoms with E-state index in [2.05, 4.69) is 47.1 Å². The fourth-order valence-corrected chi connectivity index (χ4v) is 4.81. The van der Waals surface area contributed by atoms with Crippen molar-refractivity contribution in [2.24, 2.45) is 11.8 Å². The number of benzene rings is 1. The summed E-state index contributed by atoms with van der Waals surface area (Å²) >= 11 is 0. The second-order valence-corrected chi connectivity index (χ2v) is 7.09. The van der Waals surface area contributed by atoms with Gasteiger partial charge in [0.05, 0.1) is 11.6 Å². The fraction of sp³-hybridized carbons (Fsp3) is 0.550. The van der Waals surface area contributed by atoms with Crippen LogP contribution in [-0.4, -0.2) is 36.1 Å². The van der Waals surface area contributed by atoms with Crippen LogP contribution in [0.15, 0.2) is 36.5 Å². The van der Waals surface area contributed by atoms with Gasteiger partial charge >= 0.3 is 0 Å². The third kappa shape index (κ3) is 2.56. The molecule has 0 saturated carbocycles. The fourth-order valence-electron chi connectivity index (χ4n) is 4.81. The van der Waals surface area contributed by atoms with Gasteiger partial charge in [0.25, 0.3) is 0 Å². The summed E-state index contributed by atoms with van der Waals surface area (Å²) in [6.45, 7) is 4.81. The van der Waals surface area contributed by atoms with Crippen molar-refractivity contribution in [2.45, 2.75) is 38.3 Å². The molecule has 4 heterocycles. The Kier molecular flexibility index (Phi) is 4.08. The molecule has 3 aliphatic rings. The molecule has 2 bridgehead atoms. The summed E-state index contributed by atoms with van der Waals surface area (Å²) < 4.78 is 6.04. The van der Waals surface area contributed by atoms with Gasteiger partial charge in [-0.25, -0.2) is 0 Å². The molecule has 1 aromatic carbocycles. The summed E-state index contributed by atoms with van der Waals surface area (Å²) in [7, 11) is 1.86. The maximum atomic E-state index is 6.04. The molecule has 0 aliphatic carbocycles. The van der Waals surface area contributed by atoms with Crippen LogP contribution >= 0.6 is 0 Å². The molecular weight excluding hydrogens is 284 g/mol. The lowest BCUT2D eigenvalue weighted by Crippen LogP contribution is -2.55. The highest BCUT2D eigenvalue weighted by Gasteiger charge is 2.43. The average Bonchev–Trinajstić information content (AvgIpc) is 2.63. The number of hydrogen-bond acceptors (Lipinski definition) is 3. The quantitative estimate of drug-likeness (QED) is 0.852. The molecule has 0 amide bonds. The molecule has 0 radical (unpaired) electrons. The van der Waals surface area contributed by atoms with E-state index in [1.165, 1.54) is 43.3 Å². The first-order valence-electron chi connectivity index (χ1n) is 8.92. The zero-order chi connectivity index (χ0) is 15.8. The van der Waals surface area contributed by atoms with Crippen molar-refractivity contribution in [3.63, 3.8) is 0 Å². The maximum Gasteiger partial charge on any atom is 0.0983 e.